The van der Waals surface area contributed by atoms with E-state index in [1.807, 2.05) is 0 Å². The van der Waals surface area contributed by atoms with Crippen molar-refractivity contribution in [3.8, 4) is 33.6 Å². The van der Waals surface area contributed by atoms with Gasteiger partial charge in [0.05, 0.1) is 22.1 Å². The molecule has 2 nitrogen and oxygen atoms in total. The van der Waals surface area contributed by atoms with Crippen LogP contribution in [0.2, 0.25) is 0 Å². The number of aromatic nitrogens is 2. The molecule has 7 aromatic carbocycles. The summed E-state index contributed by atoms with van der Waals surface area (Å²) in [6.07, 6.45) is 5.87. The second kappa shape index (κ2) is 9.62. The average molecular weight is 691 g/mol. The minimum Gasteiger partial charge on any atom is -0.309 e. The van der Waals surface area contributed by atoms with Gasteiger partial charge < -0.3 is 9.13 Å². The van der Waals surface area contributed by atoms with Gasteiger partial charge in [-0.1, -0.05) is 115 Å². The molecule has 9 aromatic rings. The third-order valence-corrected chi connectivity index (χ3v) is 15.6. The molecule has 2 bridgehead atoms. The number of para-hydroxylation sites is 3. The zero-order chi connectivity index (χ0) is 34.9. The maximum atomic E-state index is 2.54. The summed E-state index contributed by atoms with van der Waals surface area (Å²) >= 11 is 0. The summed E-state index contributed by atoms with van der Waals surface area (Å²) in [6, 6.07) is 59.8. The van der Waals surface area contributed by atoms with Crippen LogP contribution in [0, 0.1) is 29.1 Å². The highest BCUT2D eigenvalue weighted by molar-refractivity contribution is 6.18. The molecule has 4 saturated carbocycles. The fourth-order valence-corrected chi connectivity index (χ4v) is 14.1. The standard InChI is InChI=1S/C52H38N2/c1-2-12-33(13-3-1)53-43-21-8-5-14-35(43)36-25-24-34(29-46(36)53)54-44-22-9-6-16-40(44)50-38(18-11-23-45(50)54)37-17-10-20-42-49(37)39-15-4-7-19-41(39)52(42)47-27-31-26-32-28-48(52)51(32,47)30-31/h1-25,29,31-32,47-48H,26-28,30H2. The molecule has 0 amide bonds. The molecule has 0 N–H and O–H groups in total. The molecule has 2 heterocycles. The minimum atomic E-state index is 0.197. The first-order valence-corrected chi connectivity index (χ1v) is 20.1. The second-order valence-corrected chi connectivity index (χ2v) is 17.3. The SMILES string of the molecule is c1ccc(-n2c3ccccc3c3ccc(-n4c5ccccc5c5c(-c6cccc7c6-c6ccccc6C76C7CC8CC9CC6C97C8)cccc54)cc32)cc1. The Morgan fingerprint density at radius 3 is 1.98 bits per heavy atom. The molecule has 6 unspecified atom stereocenters. The second-order valence-electron chi connectivity index (χ2n) is 17.3. The number of nitrogens with zero attached hydrogens (tertiary/aromatic N) is 2. The lowest BCUT2D eigenvalue weighted by Crippen LogP contribution is -2.73. The summed E-state index contributed by atoms with van der Waals surface area (Å²) in [5.74, 6) is 3.56. The molecule has 54 heavy (non-hydrogen) atoms. The highest BCUT2D eigenvalue weighted by Gasteiger charge is 2.84. The third-order valence-electron chi connectivity index (χ3n) is 15.6. The van der Waals surface area contributed by atoms with Crippen LogP contribution in [0.3, 0.4) is 0 Å². The zero-order valence-electron chi connectivity index (χ0n) is 30.0. The molecule has 2 aromatic heterocycles. The van der Waals surface area contributed by atoms with E-state index >= 15 is 0 Å². The Hall–Kier alpha value is -5.86. The van der Waals surface area contributed by atoms with E-state index < -0.39 is 0 Å². The minimum absolute atomic E-state index is 0.197. The molecule has 0 aliphatic heterocycles. The monoisotopic (exact) mass is 690 g/mol. The maximum absolute atomic E-state index is 2.54. The largest absolute Gasteiger partial charge is 0.309 e. The van der Waals surface area contributed by atoms with Gasteiger partial charge in [-0.25, -0.2) is 0 Å². The third kappa shape index (κ3) is 3.06. The van der Waals surface area contributed by atoms with Gasteiger partial charge in [-0.05, 0) is 131 Å². The first kappa shape index (κ1) is 28.6. The Morgan fingerprint density at radius 2 is 1.09 bits per heavy atom. The molecule has 2 heteroatoms. The van der Waals surface area contributed by atoms with Crippen LogP contribution in [0.5, 0.6) is 0 Å². The Labute approximate surface area is 314 Å². The average Bonchev–Trinajstić information content (AvgIpc) is 4.00. The summed E-state index contributed by atoms with van der Waals surface area (Å²) in [7, 11) is 0. The zero-order valence-corrected chi connectivity index (χ0v) is 30.0. The van der Waals surface area contributed by atoms with Gasteiger partial charge in [-0.2, -0.15) is 0 Å². The van der Waals surface area contributed by atoms with Crippen LogP contribution >= 0.6 is 0 Å². The lowest BCUT2D eigenvalue weighted by atomic mass is 9.27. The van der Waals surface area contributed by atoms with Crippen molar-refractivity contribution in [2.24, 2.45) is 29.1 Å². The normalized spacial score (nSPS) is 26.7. The van der Waals surface area contributed by atoms with Gasteiger partial charge >= 0.3 is 0 Å². The van der Waals surface area contributed by atoms with Crippen molar-refractivity contribution in [1.82, 2.24) is 9.13 Å². The molecule has 2 spiro atoms. The fourth-order valence-electron chi connectivity index (χ4n) is 14.1. The van der Waals surface area contributed by atoms with Crippen molar-refractivity contribution in [3.63, 3.8) is 0 Å². The van der Waals surface area contributed by atoms with Crippen molar-refractivity contribution in [2.75, 3.05) is 0 Å². The quantitative estimate of drug-likeness (QED) is 0.175. The number of hydrogen-bond acceptors (Lipinski definition) is 0. The first-order valence-electron chi connectivity index (χ1n) is 20.1. The van der Waals surface area contributed by atoms with Gasteiger partial charge in [0.2, 0.25) is 0 Å². The van der Waals surface area contributed by atoms with Crippen LogP contribution in [0.4, 0.5) is 0 Å². The Balaban J connectivity index is 1.02. The summed E-state index contributed by atoms with van der Waals surface area (Å²) in [6.45, 7) is 0. The summed E-state index contributed by atoms with van der Waals surface area (Å²) in [5, 5.41) is 5.21. The van der Waals surface area contributed by atoms with Crippen molar-refractivity contribution in [2.45, 2.75) is 31.1 Å². The predicted octanol–water partition coefficient (Wildman–Crippen LogP) is 12.9. The highest BCUT2D eigenvalue weighted by Crippen LogP contribution is 2.89. The topological polar surface area (TPSA) is 9.86 Å². The summed E-state index contributed by atoms with van der Waals surface area (Å²) in [4.78, 5) is 0. The van der Waals surface area contributed by atoms with Gasteiger partial charge in [0, 0.05) is 38.3 Å². The molecule has 0 saturated heterocycles. The number of hydrogen-bond donors (Lipinski definition) is 0. The van der Waals surface area contributed by atoms with Crippen LogP contribution in [-0.2, 0) is 5.41 Å². The molecule has 256 valence electrons. The Bertz CT molecular complexity index is 3110. The molecule has 5 aliphatic carbocycles. The van der Waals surface area contributed by atoms with E-state index in [4.69, 9.17) is 0 Å². The van der Waals surface area contributed by atoms with Crippen LogP contribution < -0.4 is 0 Å². The number of rotatable bonds is 3. The van der Waals surface area contributed by atoms with Crippen molar-refractivity contribution < 1.29 is 0 Å². The van der Waals surface area contributed by atoms with Gasteiger partial charge in [0.1, 0.15) is 0 Å². The van der Waals surface area contributed by atoms with Crippen LogP contribution in [0.25, 0.3) is 77.2 Å². The molecule has 5 aliphatic rings. The van der Waals surface area contributed by atoms with Crippen molar-refractivity contribution >= 4 is 43.6 Å². The molecular formula is C52H38N2. The molecule has 6 atom stereocenters. The van der Waals surface area contributed by atoms with Gasteiger partial charge in [-0.3, -0.25) is 0 Å². The first-order chi connectivity index (χ1) is 26.8. The van der Waals surface area contributed by atoms with E-state index in [2.05, 4.69) is 167 Å². The lowest BCUT2D eigenvalue weighted by Gasteiger charge is -2.76. The lowest BCUT2D eigenvalue weighted by molar-refractivity contribution is -0.231. The molecule has 14 rings (SSSR count). The predicted molar refractivity (Wildman–Crippen MR) is 222 cm³/mol. The van der Waals surface area contributed by atoms with Crippen molar-refractivity contribution in [3.05, 3.63) is 169 Å². The highest BCUT2D eigenvalue weighted by atomic mass is 15.0. The van der Waals surface area contributed by atoms with E-state index in [9.17, 15) is 0 Å². The van der Waals surface area contributed by atoms with E-state index in [0.717, 1.165) is 23.7 Å². The van der Waals surface area contributed by atoms with E-state index in [-0.39, 0.29) is 5.41 Å². The molecule has 0 radical (unpaired) electrons. The van der Waals surface area contributed by atoms with E-state index in [1.54, 1.807) is 11.1 Å². The van der Waals surface area contributed by atoms with Crippen molar-refractivity contribution in [1.29, 1.82) is 0 Å². The van der Waals surface area contributed by atoms with Gasteiger partial charge in [0.25, 0.3) is 0 Å². The molecular weight excluding hydrogens is 653 g/mol. The summed E-state index contributed by atoms with van der Waals surface area (Å²) < 4.78 is 4.94. The Morgan fingerprint density at radius 1 is 0.444 bits per heavy atom. The van der Waals surface area contributed by atoms with Crippen LogP contribution in [0.15, 0.2) is 158 Å². The smallest absolute Gasteiger partial charge is 0.0561 e. The van der Waals surface area contributed by atoms with Gasteiger partial charge in [-0.15, -0.1) is 0 Å². The van der Waals surface area contributed by atoms with E-state index in [1.165, 1.54) is 103 Å². The maximum Gasteiger partial charge on any atom is 0.0561 e. The number of benzene rings is 7. The molecule has 4 fully saturated rings. The number of fused-ring (bicyclic) bond motifs is 14. The van der Waals surface area contributed by atoms with Crippen LogP contribution in [0.1, 0.15) is 36.8 Å². The van der Waals surface area contributed by atoms with E-state index in [0.29, 0.717) is 5.41 Å². The fraction of sp³-hybridized carbons (Fsp3) is 0.192. The van der Waals surface area contributed by atoms with Crippen LogP contribution in [-0.4, -0.2) is 9.13 Å². The Kier molecular flexibility index (Phi) is 5.10. The summed E-state index contributed by atoms with van der Waals surface area (Å²) in [5.41, 5.74) is 17.2. The van der Waals surface area contributed by atoms with Gasteiger partial charge in [0.15, 0.2) is 0 Å².